The largest absolute Gasteiger partial charge is 0.357 e. The molecule has 10 heteroatoms. The average molecular weight is 380 g/mol. The summed E-state index contributed by atoms with van der Waals surface area (Å²) < 4.78 is 36.9. The zero-order valence-corrected chi connectivity index (χ0v) is 14.3. The Morgan fingerprint density at radius 1 is 1.45 bits per heavy atom. The van der Waals surface area contributed by atoms with Gasteiger partial charge in [-0.1, -0.05) is 11.3 Å². The summed E-state index contributed by atoms with van der Waals surface area (Å²) in [5, 5.41) is 6.00. The molecule has 0 bridgehead atoms. The Morgan fingerprint density at radius 3 is 2.91 bits per heavy atom. The molecule has 118 valence electrons. The molecule has 2 unspecified atom stereocenters. The van der Waals surface area contributed by atoms with Crippen molar-refractivity contribution in [3.63, 3.8) is 0 Å². The van der Waals surface area contributed by atoms with Gasteiger partial charge in [0.15, 0.2) is 20.1 Å². The second kappa shape index (κ2) is 5.88. The molecule has 0 saturated carbocycles. The molecule has 2 heterocycles. The van der Waals surface area contributed by atoms with Crippen LogP contribution in [0, 0.1) is 5.82 Å². The number of sulfone groups is 1. The zero-order valence-electron chi connectivity index (χ0n) is 11.0. The van der Waals surface area contributed by atoms with E-state index in [0.29, 0.717) is 15.3 Å². The Kier molecular flexibility index (Phi) is 4.23. The van der Waals surface area contributed by atoms with E-state index in [1.54, 1.807) is 6.07 Å². The van der Waals surface area contributed by atoms with Gasteiger partial charge in [0, 0.05) is 0 Å². The predicted molar refractivity (Wildman–Crippen MR) is 91.0 cm³/mol. The number of nitrogens with one attached hydrogen (secondary N) is 2. The smallest absolute Gasteiger partial charge is 0.190 e. The molecule has 1 fully saturated rings. The van der Waals surface area contributed by atoms with Gasteiger partial charge in [0.1, 0.15) is 5.82 Å². The lowest BCUT2D eigenvalue weighted by atomic mass is 10.3. The number of halogens is 2. The Bertz CT molecular complexity index is 839. The molecule has 5 nitrogen and oxygen atoms in total. The summed E-state index contributed by atoms with van der Waals surface area (Å²) in [6, 6.07) is 3.89. The van der Waals surface area contributed by atoms with Gasteiger partial charge in [-0.05, 0) is 30.4 Å². The maximum Gasteiger partial charge on any atom is 0.190 e. The molecular formula is C12H11ClFN3O2S3. The molecule has 2 atom stereocenters. The number of thiazole rings is 1. The minimum Gasteiger partial charge on any atom is -0.357 e. The molecule has 0 aliphatic carbocycles. The van der Waals surface area contributed by atoms with E-state index in [9.17, 15) is 12.8 Å². The van der Waals surface area contributed by atoms with Gasteiger partial charge in [0.2, 0.25) is 0 Å². The molecule has 1 saturated heterocycles. The molecule has 0 spiro atoms. The maximum absolute atomic E-state index is 13.1. The highest BCUT2D eigenvalue weighted by molar-refractivity contribution is 7.91. The molecule has 0 amide bonds. The van der Waals surface area contributed by atoms with Gasteiger partial charge in [-0.3, -0.25) is 0 Å². The van der Waals surface area contributed by atoms with Crippen molar-refractivity contribution in [3.05, 3.63) is 24.0 Å². The van der Waals surface area contributed by atoms with E-state index in [-0.39, 0.29) is 22.4 Å². The van der Waals surface area contributed by atoms with E-state index in [0.717, 1.165) is 0 Å². The number of thiocarbonyl (C=S) groups is 1. The lowest BCUT2D eigenvalue weighted by Gasteiger charge is -2.16. The summed E-state index contributed by atoms with van der Waals surface area (Å²) in [6.07, 6.45) is 0. The van der Waals surface area contributed by atoms with Crippen LogP contribution in [-0.2, 0) is 9.84 Å². The number of alkyl halides is 1. The normalized spacial score (nSPS) is 23.5. The first kappa shape index (κ1) is 15.9. The van der Waals surface area contributed by atoms with Gasteiger partial charge >= 0.3 is 0 Å². The van der Waals surface area contributed by atoms with Crippen molar-refractivity contribution >= 4 is 65.5 Å². The maximum atomic E-state index is 13.1. The highest BCUT2D eigenvalue weighted by atomic mass is 35.5. The second-order valence-corrected chi connectivity index (χ2v) is 9.08. The standard InChI is InChI=1S/C12H11ClFN3O2S3/c13-7-4-22(18,19)5-9(7)15-11(20)17-12-16-8-2-1-6(14)3-10(8)21-12/h1-3,7,9H,4-5H2,(H2,15,16,17,20). The first-order valence-electron chi connectivity index (χ1n) is 6.30. The van der Waals surface area contributed by atoms with E-state index >= 15 is 0 Å². The Balaban J connectivity index is 1.68. The van der Waals surface area contributed by atoms with Crippen molar-refractivity contribution in [2.45, 2.75) is 11.4 Å². The molecule has 2 N–H and O–H groups in total. The van der Waals surface area contributed by atoms with E-state index in [1.807, 2.05) is 0 Å². The number of anilines is 1. The minimum absolute atomic E-state index is 0.0476. The van der Waals surface area contributed by atoms with Crippen LogP contribution in [0.1, 0.15) is 0 Å². The van der Waals surface area contributed by atoms with Crippen LogP contribution in [0.25, 0.3) is 10.2 Å². The van der Waals surface area contributed by atoms with Gasteiger partial charge in [-0.15, -0.1) is 11.6 Å². The molecule has 3 rings (SSSR count). The van der Waals surface area contributed by atoms with Gasteiger partial charge in [-0.2, -0.15) is 0 Å². The van der Waals surface area contributed by atoms with Gasteiger partial charge < -0.3 is 10.6 Å². The number of hydrogen-bond donors (Lipinski definition) is 2. The van der Waals surface area contributed by atoms with Crippen LogP contribution < -0.4 is 10.6 Å². The highest BCUT2D eigenvalue weighted by Gasteiger charge is 2.36. The molecule has 1 aromatic carbocycles. The van der Waals surface area contributed by atoms with Crippen LogP contribution in [0.3, 0.4) is 0 Å². The number of hydrogen-bond acceptors (Lipinski definition) is 5. The molecule has 1 aliphatic rings. The van der Waals surface area contributed by atoms with Crippen LogP contribution in [0.4, 0.5) is 9.52 Å². The van der Waals surface area contributed by atoms with Crippen molar-refractivity contribution in [1.29, 1.82) is 0 Å². The second-order valence-electron chi connectivity index (χ2n) is 4.93. The highest BCUT2D eigenvalue weighted by Crippen LogP contribution is 2.26. The summed E-state index contributed by atoms with van der Waals surface area (Å²) in [7, 11) is -3.12. The monoisotopic (exact) mass is 379 g/mol. The van der Waals surface area contributed by atoms with Crippen molar-refractivity contribution < 1.29 is 12.8 Å². The quantitative estimate of drug-likeness (QED) is 0.615. The Hall–Kier alpha value is -1.03. The summed E-state index contributed by atoms with van der Waals surface area (Å²) in [4.78, 5) is 4.28. The molecule has 22 heavy (non-hydrogen) atoms. The van der Waals surface area contributed by atoms with E-state index in [1.165, 1.54) is 23.5 Å². The summed E-state index contributed by atoms with van der Waals surface area (Å²) in [5.74, 6) is -0.437. The minimum atomic E-state index is -3.12. The Labute approximate surface area is 140 Å². The topological polar surface area (TPSA) is 71.1 Å². The number of rotatable bonds is 2. The predicted octanol–water partition coefficient (Wildman–Crippen LogP) is 2.13. The fraction of sp³-hybridized carbons (Fsp3) is 0.333. The van der Waals surface area contributed by atoms with Crippen molar-refractivity contribution in [2.24, 2.45) is 0 Å². The SMILES string of the molecule is O=S1(=O)CC(Cl)C(NC(=S)Nc2nc3ccc(F)cc3s2)C1. The van der Waals surface area contributed by atoms with E-state index in [4.69, 9.17) is 23.8 Å². The molecule has 2 aromatic rings. The van der Waals surface area contributed by atoms with Gasteiger partial charge in [0.05, 0.1) is 33.1 Å². The third kappa shape index (κ3) is 3.48. The number of aromatic nitrogens is 1. The number of nitrogens with zero attached hydrogens (tertiary/aromatic N) is 1. The van der Waals surface area contributed by atoms with Crippen LogP contribution in [0.2, 0.25) is 0 Å². The lowest BCUT2D eigenvalue weighted by molar-refractivity contribution is 0.600. The summed E-state index contributed by atoms with van der Waals surface area (Å²) in [5.41, 5.74) is 0.662. The van der Waals surface area contributed by atoms with Gasteiger partial charge in [-0.25, -0.2) is 17.8 Å². The van der Waals surface area contributed by atoms with E-state index in [2.05, 4.69) is 15.6 Å². The van der Waals surface area contributed by atoms with Gasteiger partial charge in [0.25, 0.3) is 0 Å². The Morgan fingerprint density at radius 2 is 2.23 bits per heavy atom. The summed E-state index contributed by atoms with van der Waals surface area (Å²) in [6.45, 7) is 0. The summed E-state index contributed by atoms with van der Waals surface area (Å²) >= 11 is 12.4. The van der Waals surface area contributed by atoms with E-state index < -0.39 is 21.3 Å². The van der Waals surface area contributed by atoms with Crippen molar-refractivity contribution in [1.82, 2.24) is 10.3 Å². The average Bonchev–Trinajstić information content (AvgIpc) is 2.88. The van der Waals surface area contributed by atoms with Crippen LogP contribution in [0.15, 0.2) is 18.2 Å². The molecule has 1 aliphatic heterocycles. The third-order valence-corrected chi connectivity index (χ3v) is 6.70. The number of fused-ring (bicyclic) bond motifs is 1. The lowest BCUT2D eigenvalue weighted by Crippen LogP contribution is -2.42. The van der Waals surface area contributed by atoms with Crippen molar-refractivity contribution in [3.8, 4) is 0 Å². The number of benzene rings is 1. The first-order valence-corrected chi connectivity index (χ1v) is 9.79. The third-order valence-electron chi connectivity index (χ3n) is 3.17. The fourth-order valence-corrected chi connectivity index (χ4v) is 5.95. The van der Waals surface area contributed by atoms with Crippen LogP contribution in [0.5, 0.6) is 0 Å². The zero-order chi connectivity index (χ0) is 15.9. The molecule has 1 aromatic heterocycles. The molecule has 0 radical (unpaired) electrons. The van der Waals surface area contributed by atoms with Crippen molar-refractivity contribution in [2.75, 3.05) is 16.8 Å². The molecular weight excluding hydrogens is 369 g/mol. The fourth-order valence-electron chi connectivity index (χ4n) is 2.19. The first-order chi connectivity index (χ1) is 10.3. The van der Waals surface area contributed by atoms with Crippen LogP contribution in [-0.4, -0.2) is 41.4 Å². The van der Waals surface area contributed by atoms with Crippen LogP contribution >= 0.6 is 35.2 Å².